The number of nitrogens with two attached hydrogens (primary N) is 1. The Hall–Kier alpha value is -0.260. The van der Waals surface area contributed by atoms with E-state index in [1.807, 2.05) is 0 Å². The number of nitrogens with one attached hydrogen (secondary N) is 1. The molecule has 0 bridgehead atoms. The summed E-state index contributed by atoms with van der Waals surface area (Å²) in [6, 6.07) is 0. The van der Waals surface area contributed by atoms with Crippen LogP contribution < -0.4 is 10.6 Å². The van der Waals surface area contributed by atoms with Gasteiger partial charge in [0.2, 0.25) is 5.91 Å². The Morgan fingerprint density at radius 3 is 3.00 bits per heavy atom. The van der Waals surface area contributed by atoms with Crippen molar-refractivity contribution in [1.29, 1.82) is 0 Å². The summed E-state index contributed by atoms with van der Waals surface area (Å²) in [7, 11) is 1.47. The molecule has 0 aromatic rings. The van der Waals surface area contributed by atoms with Gasteiger partial charge in [-0.05, 0) is 11.9 Å². The minimum absolute atomic E-state index is 0.230. The van der Waals surface area contributed by atoms with E-state index in [4.69, 9.17) is 5.73 Å². The fourth-order valence-electron chi connectivity index (χ4n) is 0.160. The summed E-state index contributed by atoms with van der Waals surface area (Å²) in [5, 5.41) is 0. The standard InChI is InChI=1S/C3H8N2O2S/c1-7-5-8-2-3(4)6/h5H,2H2,1H3,(H2,4,6). The first-order valence-corrected chi connectivity index (χ1v) is 2.94. The summed E-state index contributed by atoms with van der Waals surface area (Å²) in [5.74, 6) is -0.132. The zero-order valence-electron chi connectivity index (χ0n) is 4.51. The number of hydrogen-bond acceptors (Lipinski definition) is 4. The third kappa shape index (κ3) is 5.74. The van der Waals surface area contributed by atoms with E-state index in [1.54, 1.807) is 0 Å². The topological polar surface area (TPSA) is 64.3 Å². The zero-order valence-corrected chi connectivity index (χ0v) is 5.33. The predicted octanol–water partition coefficient (Wildman–Crippen LogP) is -0.729. The maximum Gasteiger partial charge on any atom is 0.228 e. The predicted molar refractivity (Wildman–Crippen MR) is 31.8 cm³/mol. The fraction of sp³-hybridized carbons (Fsp3) is 0.667. The molecule has 0 spiro atoms. The van der Waals surface area contributed by atoms with Gasteiger partial charge in [-0.25, -0.2) is 0 Å². The highest BCUT2D eigenvalue weighted by atomic mass is 32.2. The van der Waals surface area contributed by atoms with E-state index in [-0.39, 0.29) is 11.7 Å². The molecule has 0 saturated heterocycles. The van der Waals surface area contributed by atoms with Gasteiger partial charge in [0.25, 0.3) is 0 Å². The van der Waals surface area contributed by atoms with E-state index in [9.17, 15) is 4.79 Å². The second kappa shape index (κ2) is 4.89. The van der Waals surface area contributed by atoms with E-state index in [1.165, 1.54) is 7.11 Å². The maximum absolute atomic E-state index is 9.98. The molecule has 0 aliphatic carbocycles. The van der Waals surface area contributed by atoms with Crippen LogP contribution in [0.2, 0.25) is 0 Å². The molecule has 0 rings (SSSR count). The van der Waals surface area contributed by atoms with Crippen LogP contribution in [0.15, 0.2) is 0 Å². The fourth-order valence-corrected chi connectivity index (χ4v) is 0.479. The Balaban J connectivity index is 2.82. The Labute approximate surface area is 51.8 Å². The zero-order chi connectivity index (χ0) is 6.41. The van der Waals surface area contributed by atoms with Gasteiger partial charge in [-0.3, -0.25) is 9.63 Å². The lowest BCUT2D eigenvalue weighted by molar-refractivity contribution is -0.115. The molecule has 0 aliphatic heterocycles. The Kier molecular flexibility index (Phi) is 4.73. The van der Waals surface area contributed by atoms with Gasteiger partial charge >= 0.3 is 0 Å². The van der Waals surface area contributed by atoms with Crippen molar-refractivity contribution in [1.82, 2.24) is 4.89 Å². The second-order valence-corrected chi connectivity index (χ2v) is 1.79. The summed E-state index contributed by atoms with van der Waals surface area (Å²) >= 11 is 1.11. The van der Waals surface area contributed by atoms with Crippen molar-refractivity contribution in [2.24, 2.45) is 5.73 Å². The molecule has 8 heavy (non-hydrogen) atoms. The van der Waals surface area contributed by atoms with Crippen LogP contribution in [0.25, 0.3) is 0 Å². The molecule has 48 valence electrons. The first-order valence-electron chi connectivity index (χ1n) is 1.95. The van der Waals surface area contributed by atoms with E-state index in [0.717, 1.165) is 11.9 Å². The van der Waals surface area contributed by atoms with Crippen LogP contribution >= 0.6 is 11.9 Å². The van der Waals surface area contributed by atoms with Gasteiger partial charge in [0.1, 0.15) is 0 Å². The third-order valence-corrected chi connectivity index (χ3v) is 1.07. The van der Waals surface area contributed by atoms with Crippen molar-refractivity contribution in [3.63, 3.8) is 0 Å². The van der Waals surface area contributed by atoms with Crippen molar-refractivity contribution in [3.05, 3.63) is 0 Å². The van der Waals surface area contributed by atoms with Crippen LogP contribution in [0.5, 0.6) is 0 Å². The van der Waals surface area contributed by atoms with Gasteiger partial charge in [-0.2, -0.15) is 0 Å². The number of rotatable bonds is 4. The highest BCUT2D eigenvalue weighted by Crippen LogP contribution is 1.88. The Morgan fingerprint density at radius 2 is 2.62 bits per heavy atom. The first kappa shape index (κ1) is 7.74. The van der Waals surface area contributed by atoms with Crippen LogP contribution in [0.1, 0.15) is 0 Å². The van der Waals surface area contributed by atoms with Crippen molar-refractivity contribution in [2.45, 2.75) is 0 Å². The molecule has 3 N–H and O–H groups in total. The van der Waals surface area contributed by atoms with Crippen LogP contribution in [0.4, 0.5) is 0 Å². The smallest absolute Gasteiger partial charge is 0.228 e. The van der Waals surface area contributed by atoms with Gasteiger partial charge < -0.3 is 5.73 Å². The first-order chi connectivity index (χ1) is 3.77. The van der Waals surface area contributed by atoms with Crippen LogP contribution in [-0.4, -0.2) is 18.8 Å². The molecule has 0 aromatic heterocycles. The van der Waals surface area contributed by atoms with Crippen LogP contribution in [0.3, 0.4) is 0 Å². The lowest BCUT2D eigenvalue weighted by Gasteiger charge is -1.94. The van der Waals surface area contributed by atoms with Gasteiger partial charge in [-0.15, -0.1) is 4.89 Å². The normalized spacial score (nSPS) is 9.12. The van der Waals surface area contributed by atoms with E-state index < -0.39 is 0 Å². The highest BCUT2D eigenvalue weighted by molar-refractivity contribution is 7.97. The minimum atomic E-state index is -0.362. The molecule has 1 amide bonds. The maximum atomic E-state index is 9.98. The lowest BCUT2D eigenvalue weighted by Crippen LogP contribution is -2.16. The molecule has 0 fully saturated rings. The van der Waals surface area contributed by atoms with Crippen LogP contribution in [-0.2, 0) is 9.63 Å². The van der Waals surface area contributed by atoms with Gasteiger partial charge in [-0.1, -0.05) is 0 Å². The molecule has 0 aromatic carbocycles. The van der Waals surface area contributed by atoms with Gasteiger partial charge in [0.05, 0.1) is 12.9 Å². The summed E-state index contributed by atoms with van der Waals surface area (Å²) in [6.07, 6.45) is 0. The third-order valence-electron chi connectivity index (χ3n) is 0.357. The average Bonchev–Trinajstić information content (AvgIpc) is 1.66. The minimum Gasteiger partial charge on any atom is -0.369 e. The molecule has 0 saturated carbocycles. The Bertz CT molecular complexity index is 77.7. The number of carbonyl (C=O) groups is 1. The SMILES string of the molecule is CONSCC(N)=O. The molecule has 0 radical (unpaired) electrons. The average molecular weight is 136 g/mol. The molecule has 0 aliphatic rings. The molecular weight excluding hydrogens is 128 g/mol. The van der Waals surface area contributed by atoms with Gasteiger partial charge in [0, 0.05) is 0 Å². The number of amides is 1. The highest BCUT2D eigenvalue weighted by Gasteiger charge is 1.90. The van der Waals surface area contributed by atoms with Crippen LogP contribution in [0, 0.1) is 0 Å². The molecule has 4 nitrogen and oxygen atoms in total. The van der Waals surface area contributed by atoms with E-state index in [2.05, 4.69) is 9.72 Å². The summed E-state index contributed by atoms with van der Waals surface area (Å²) in [5.41, 5.74) is 4.78. The second-order valence-electron chi connectivity index (χ2n) is 1.04. The number of carbonyl (C=O) groups excluding carboxylic acids is 1. The summed E-state index contributed by atoms with van der Waals surface area (Å²) in [6.45, 7) is 0. The molecule has 0 unspecified atom stereocenters. The quantitative estimate of drug-likeness (QED) is 0.304. The Morgan fingerprint density at radius 1 is 2.00 bits per heavy atom. The van der Waals surface area contributed by atoms with E-state index >= 15 is 0 Å². The van der Waals surface area contributed by atoms with Gasteiger partial charge in [0.15, 0.2) is 0 Å². The van der Waals surface area contributed by atoms with Crippen molar-refractivity contribution in [3.8, 4) is 0 Å². The molecule has 5 heteroatoms. The monoisotopic (exact) mass is 136 g/mol. The summed E-state index contributed by atoms with van der Waals surface area (Å²) < 4.78 is 0. The van der Waals surface area contributed by atoms with Crippen molar-refractivity contribution >= 4 is 17.9 Å². The molecular formula is C3H8N2O2S. The molecule has 0 heterocycles. The lowest BCUT2D eigenvalue weighted by atomic mass is 10.8. The largest absolute Gasteiger partial charge is 0.369 e. The number of hydrogen-bond donors (Lipinski definition) is 2. The summed E-state index contributed by atoms with van der Waals surface area (Å²) in [4.78, 5) is 16.8. The van der Waals surface area contributed by atoms with E-state index in [0.29, 0.717) is 0 Å². The number of primary amides is 1. The van der Waals surface area contributed by atoms with Crippen molar-refractivity contribution in [2.75, 3.05) is 12.9 Å². The molecule has 0 atom stereocenters. The van der Waals surface area contributed by atoms with Crippen molar-refractivity contribution < 1.29 is 9.63 Å².